The summed E-state index contributed by atoms with van der Waals surface area (Å²) in [7, 11) is 0. The van der Waals surface area contributed by atoms with Gasteiger partial charge in [0.2, 0.25) is 0 Å². The fourth-order valence-corrected chi connectivity index (χ4v) is 2.86. The molecule has 0 spiro atoms. The molecule has 0 atom stereocenters. The average molecular weight is 312 g/mol. The van der Waals surface area contributed by atoms with E-state index in [0.29, 0.717) is 0 Å². The molecule has 4 heteroatoms. The Labute approximate surface area is 136 Å². The van der Waals surface area contributed by atoms with Crippen LogP contribution in [0, 0.1) is 5.82 Å². The van der Waals surface area contributed by atoms with Crippen LogP contribution < -0.4 is 5.32 Å². The van der Waals surface area contributed by atoms with E-state index in [0.717, 1.165) is 38.3 Å². The first-order valence-corrected chi connectivity index (χ1v) is 8.01. The number of nitrogens with one attached hydrogen (secondary N) is 1. The summed E-state index contributed by atoms with van der Waals surface area (Å²) in [5.74, 6) is -0.634. The number of ketones is 1. The number of rotatable bonds is 5. The Morgan fingerprint density at radius 1 is 1.00 bits per heavy atom. The maximum atomic E-state index is 13.6. The highest BCUT2D eigenvalue weighted by Gasteiger charge is 2.12. The number of nitrogens with zero attached hydrogens (tertiary/aromatic N) is 1. The first-order chi connectivity index (χ1) is 11.2. The second kappa shape index (κ2) is 7.49. The third-order valence-corrected chi connectivity index (χ3v) is 4.18. The van der Waals surface area contributed by atoms with Crippen LogP contribution in [-0.2, 0) is 13.0 Å². The first-order valence-electron chi connectivity index (χ1n) is 8.01. The summed E-state index contributed by atoms with van der Waals surface area (Å²) < 4.78 is 13.6. The molecule has 1 saturated heterocycles. The Hall–Kier alpha value is -2.04. The van der Waals surface area contributed by atoms with E-state index < -0.39 is 5.82 Å². The molecular weight excluding hydrogens is 291 g/mol. The molecule has 0 aromatic heterocycles. The Bertz CT molecular complexity index is 663. The van der Waals surface area contributed by atoms with Crippen LogP contribution >= 0.6 is 0 Å². The molecule has 0 saturated carbocycles. The number of benzene rings is 2. The molecular formula is C19H21FN2O. The lowest BCUT2D eigenvalue weighted by Crippen LogP contribution is -2.42. The third kappa shape index (κ3) is 4.24. The number of hydrogen-bond acceptors (Lipinski definition) is 3. The minimum Gasteiger partial charge on any atom is -0.314 e. The molecule has 23 heavy (non-hydrogen) atoms. The summed E-state index contributed by atoms with van der Waals surface area (Å²) >= 11 is 0. The van der Waals surface area contributed by atoms with Crippen molar-refractivity contribution in [3.05, 3.63) is 71.0 Å². The molecule has 1 N–H and O–H groups in total. The second-order valence-electron chi connectivity index (χ2n) is 5.92. The van der Waals surface area contributed by atoms with Crippen molar-refractivity contribution in [3.63, 3.8) is 0 Å². The zero-order chi connectivity index (χ0) is 16.1. The largest absolute Gasteiger partial charge is 0.314 e. The molecule has 0 aliphatic carbocycles. The highest BCUT2D eigenvalue weighted by molar-refractivity contribution is 5.97. The fraction of sp³-hybridized carbons (Fsp3) is 0.316. The van der Waals surface area contributed by atoms with Gasteiger partial charge in [0, 0.05) is 39.1 Å². The van der Waals surface area contributed by atoms with E-state index in [1.165, 1.54) is 17.7 Å². The Kier molecular flexibility index (Phi) is 5.16. The molecule has 1 aliphatic heterocycles. The van der Waals surface area contributed by atoms with Gasteiger partial charge in [-0.3, -0.25) is 9.69 Å². The van der Waals surface area contributed by atoms with Crippen LogP contribution in [0.25, 0.3) is 0 Å². The van der Waals surface area contributed by atoms with Crippen molar-refractivity contribution in [3.8, 4) is 0 Å². The Morgan fingerprint density at radius 3 is 2.35 bits per heavy atom. The van der Waals surface area contributed by atoms with Crippen molar-refractivity contribution in [1.29, 1.82) is 0 Å². The number of carbonyl (C=O) groups excluding carboxylic acids is 1. The number of halogens is 1. The maximum absolute atomic E-state index is 13.6. The second-order valence-corrected chi connectivity index (χ2v) is 5.92. The van der Waals surface area contributed by atoms with E-state index >= 15 is 0 Å². The van der Waals surface area contributed by atoms with Gasteiger partial charge >= 0.3 is 0 Å². The quantitative estimate of drug-likeness (QED) is 0.862. The first kappa shape index (κ1) is 15.8. The number of Topliss-reactive ketones (excluding diaryl/α,β-unsaturated/α-hetero) is 1. The maximum Gasteiger partial charge on any atom is 0.170 e. The van der Waals surface area contributed by atoms with Gasteiger partial charge in [-0.05, 0) is 23.3 Å². The van der Waals surface area contributed by atoms with Crippen molar-refractivity contribution in [2.45, 2.75) is 13.0 Å². The predicted octanol–water partition coefficient (Wildman–Crippen LogP) is 2.66. The molecule has 0 unspecified atom stereocenters. The van der Waals surface area contributed by atoms with Crippen molar-refractivity contribution >= 4 is 5.78 Å². The van der Waals surface area contributed by atoms with E-state index in [-0.39, 0.29) is 17.8 Å². The monoisotopic (exact) mass is 312 g/mol. The third-order valence-electron chi connectivity index (χ3n) is 4.18. The van der Waals surface area contributed by atoms with Crippen LogP contribution in [0.4, 0.5) is 4.39 Å². The zero-order valence-corrected chi connectivity index (χ0v) is 13.1. The van der Waals surface area contributed by atoms with Crippen LogP contribution in [0.15, 0.2) is 48.5 Å². The minimum absolute atomic E-state index is 0.164. The molecule has 120 valence electrons. The Morgan fingerprint density at radius 2 is 1.65 bits per heavy atom. The van der Waals surface area contributed by atoms with E-state index in [4.69, 9.17) is 0 Å². The molecule has 3 rings (SSSR count). The summed E-state index contributed by atoms with van der Waals surface area (Å²) in [6, 6.07) is 14.2. The number of carbonyl (C=O) groups is 1. The summed E-state index contributed by atoms with van der Waals surface area (Å²) in [5, 5.41) is 3.34. The van der Waals surface area contributed by atoms with Gasteiger partial charge in [-0.2, -0.15) is 0 Å². The fourth-order valence-electron chi connectivity index (χ4n) is 2.86. The van der Waals surface area contributed by atoms with Crippen molar-refractivity contribution in [2.24, 2.45) is 0 Å². The lowest BCUT2D eigenvalue weighted by molar-refractivity contribution is 0.0989. The molecule has 1 aliphatic rings. The predicted molar refractivity (Wildman–Crippen MR) is 89.0 cm³/mol. The van der Waals surface area contributed by atoms with E-state index in [1.807, 2.05) is 12.1 Å². The van der Waals surface area contributed by atoms with Gasteiger partial charge in [0.15, 0.2) is 5.78 Å². The molecule has 3 nitrogen and oxygen atoms in total. The van der Waals surface area contributed by atoms with Crippen LogP contribution in [0.1, 0.15) is 21.5 Å². The lowest BCUT2D eigenvalue weighted by Gasteiger charge is -2.27. The molecule has 0 radical (unpaired) electrons. The smallest absolute Gasteiger partial charge is 0.170 e. The van der Waals surface area contributed by atoms with Crippen LogP contribution in [-0.4, -0.2) is 36.9 Å². The van der Waals surface area contributed by atoms with Gasteiger partial charge in [-0.15, -0.1) is 0 Å². The lowest BCUT2D eigenvalue weighted by atomic mass is 10.0. The van der Waals surface area contributed by atoms with Gasteiger partial charge < -0.3 is 5.32 Å². The van der Waals surface area contributed by atoms with Gasteiger partial charge in [-0.25, -0.2) is 4.39 Å². The summed E-state index contributed by atoms with van der Waals surface area (Å²) in [6.07, 6.45) is 0.231. The highest BCUT2D eigenvalue weighted by atomic mass is 19.1. The van der Waals surface area contributed by atoms with Crippen molar-refractivity contribution < 1.29 is 9.18 Å². The van der Waals surface area contributed by atoms with E-state index in [2.05, 4.69) is 22.3 Å². The summed E-state index contributed by atoms with van der Waals surface area (Å²) in [5.41, 5.74) is 2.33. The number of piperazine rings is 1. The van der Waals surface area contributed by atoms with Crippen LogP contribution in [0.2, 0.25) is 0 Å². The number of hydrogen-bond donors (Lipinski definition) is 1. The highest BCUT2D eigenvalue weighted by Crippen LogP contribution is 2.13. The van der Waals surface area contributed by atoms with E-state index in [1.54, 1.807) is 12.1 Å². The van der Waals surface area contributed by atoms with E-state index in [9.17, 15) is 9.18 Å². The van der Waals surface area contributed by atoms with Gasteiger partial charge in [0.25, 0.3) is 0 Å². The Balaban J connectivity index is 1.61. The van der Waals surface area contributed by atoms with Gasteiger partial charge in [0.05, 0.1) is 5.56 Å². The SMILES string of the molecule is O=C(Cc1ccc(CN2CCNCC2)cc1)c1ccccc1F. The standard InChI is InChI=1S/C19H21FN2O/c20-18-4-2-1-3-17(18)19(23)13-15-5-7-16(8-6-15)14-22-11-9-21-10-12-22/h1-8,21H,9-14H2. The average Bonchev–Trinajstić information content (AvgIpc) is 2.58. The molecule has 0 amide bonds. The molecule has 1 heterocycles. The summed E-state index contributed by atoms with van der Waals surface area (Å²) in [4.78, 5) is 14.6. The molecule has 0 bridgehead atoms. The topological polar surface area (TPSA) is 32.3 Å². The van der Waals surface area contributed by atoms with Crippen LogP contribution in [0.5, 0.6) is 0 Å². The van der Waals surface area contributed by atoms with Crippen LogP contribution in [0.3, 0.4) is 0 Å². The van der Waals surface area contributed by atoms with Gasteiger partial charge in [0.1, 0.15) is 5.82 Å². The van der Waals surface area contributed by atoms with Gasteiger partial charge in [-0.1, -0.05) is 36.4 Å². The molecule has 2 aromatic rings. The molecule has 1 fully saturated rings. The normalized spacial score (nSPS) is 15.5. The van der Waals surface area contributed by atoms with Crippen molar-refractivity contribution in [2.75, 3.05) is 26.2 Å². The summed E-state index contributed by atoms with van der Waals surface area (Å²) in [6.45, 7) is 5.13. The van der Waals surface area contributed by atoms with Crippen molar-refractivity contribution in [1.82, 2.24) is 10.2 Å². The minimum atomic E-state index is -0.451. The zero-order valence-electron chi connectivity index (χ0n) is 13.1. The molecule has 2 aromatic carbocycles.